The highest BCUT2D eigenvalue weighted by Crippen LogP contribution is 2.58. The van der Waals surface area contributed by atoms with Crippen LogP contribution in [0.2, 0.25) is 0 Å². The lowest BCUT2D eigenvalue weighted by atomic mass is 9.92. The van der Waals surface area contributed by atoms with Gasteiger partial charge in [0.05, 0.1) is 6.04 Å². The van der Waals surface area contributed by atoms with Crippen LogP contribution >= 0.6 is 0 Å². The summed E-state index contributed by atoms with van der Waals surface area (Å²) in [4.78, 5) is 27.7. The minimum atomic E-state index is -4.58. The van der Waals surface area contributed by atoms with Gasteiger partial charge in [0, 0.05) is 6.42 Å². The van der Waals surface area contributed by atoms with Gasteiger partial charge >= 0.3 is 12.3 Å². The van der Waals surface area contributed by atoms with Crippen LogP contribution in [0.15, 0.2) is 65.1 Å². The number of aromatic nitrogens is 2. The summed E-state index contributed by atoms with van der Waals surface area (Å²) in [6.45, 7) is 1.66. The molecule has 1 saturated heterocycles. The zero-order chi connectivity index (χ0) is 24.1. The number of alkyl halides is 3. The molecular weight excluding hydrogens is 451 g/mol. The average Bonchev–Trinajstić information content (AvgIpc) is 3.43. The highest BCUT2D eigenvalue weighted by atomic mass is 19.4. The van der Waals surface area contributed by atoms with Gasteiger partial charge in [-0.3, -0.25) is 4.79 Å². The van der Waals surface area contributed by atoms with Gasteiger partial charge in [0.25, 0.3) is 17.4 Å². The molecule has 2 atom stereocenters. The molecule has 2 heterocycles. The van der Waals surface area contributed by atoms with Crippen LogP contribution in [0.4, 0.5) is 18.0 Å². The summed E-state index contributed by atoms with van der Waals surface area (Å²) in [5.41, 5.74) is -3.01. The maximum absolute atomic E-state index is 13.8. The first-order chi connectivity index (χ1) is 16.2. The van der Waals surface area contributed by atoms with Crippen molar-refractivity contribution >= 4 is 12.0 Å². The molecule has 2 aromatic carbocycles. The summed E-state index contributed by atoms with van der Waals surface area (Å²) in [6.07, 6.45) is -6.05. The average molecular weight is 471 g/mol. The third kappa shape index (κ3) is 3.36. The Morgan fingerprint density at radius 2 is 1.56 bits per heavy atom. The number of nitrogens with zero attached hydrogens (tertiary/aromatic N) is 3. The number of amides is 2. The van der Waals surface area contributed by atoms with Crippen molar-refractivity contribution in [2.24, 2.45) is 0 Å². The number of rotatable bonds is 6. The van der Waals surface area contributed by atoms with E-state index in [9.17, 15) is 22.8 Å². The summed E-state index contributed by atoms with van der Waals surface area (Å²) >= 11 is 0. The fourth-order valence-electron chi connectivity index (χ4n) is 4.26. The fourth-order valence-corrected chi connectivity index (χ4v) is 4.26. The lowest BCUT2D eigenvalue weighted by Gasteiger charge is -2.24. The molecule has 1 aliphatic heterocycles. The normalized spacial score (nSPS) is 22.5. The van der Waals surface area contributed by atoms with E-state index in [0.717, 1.165) is 4.90 Å². The Hall–Kier alpha value is -3.69. The second kappa shape index (κ2) is 7.68. The number of imide groups is 1. The molecule has 10 heteroatoms. The van der Waals surface area contributed by atoms with Crippen LogP contribution in [-0.2, 0) is 27.0 Å². The molecule has 176 valence electrons. The smallest absolute Gasteiger partial charge is 0.418 e. The number of hydrogen-bond donors (Lipinski definition) is 0. The van der Waals surface area contributed by atoms with E-state index in [1.807, 2.05) is 0 Å². The Morgan fingerprint density at radius 1 is 0.971 bits per heavy atom. The molecule has 1 aromatic heterocycles. The molecule has 2 amide bonds. The van der Waals surface area contributed by atoms with Crippen molar-refractivity contribution in [2.45, 2.75) is 49.4 Å². The van der Waals surface area contributed by atoms with E-state index in [0.29, 0.717) is 11.1 Å². The van der Waals surface area contributed by atoms with Gasteiger partial charge in [0.2, 0.25) is 5.89 Å². The van der Waals surface area contributed by atoms with Gasteiger partial charge in [-0.15, -0.1) is 10.2 Å². The van der Waals surface area contributed by atoms with E-state index in [2.05, 4.69) is 10.2 Å². The fraction of sp³-hybridized carbons (Fsp3) is 0.333. The van der Waals surface area contributed by atoms with Gasteiger partial charge in [0.15, 0.2) is 0 Å². The Morgan fingerprint density at radius 3 is 2.15 bits per heavy atom. The molecular formula is C24H20F3N3O4. The highest BCUT2D eigenvalue weighted by Gasteiger charge is 2.69. The molecule has 0 radical (unpaired) electrons. The van der Waals surface area contributed by atoms with Crippen LogP contribution in [0, 0.1) is 0 Å². The number of hydrogen-bond acceptors (Lipinski definition) is 6. The van der Waals surface area contributed by atoms with Crippen molar-refractivity contribution in [3.05, 3.63) is 83.6 Å². The van der Waals surface area contributed by atoms with Gasteiger partial charge in [-0.1, -0.05) is 60.7 Å². The molecule has 0 unspecified atom stereocenters. The van der Waals surface area contributed by atoms with Gasteiger partial charge in [0.1, 0.15) is 5.41 Å². The van der Waals surface area contributed by atoms with Crippen molar-refractivity contribution in [1.29, 1.82) is 0 Å². The first-order valence-electron chi connectivity index (χ1n) is 10.7. The van der Waals surface area contributed by atoms with Gasteiger partial charge < -0.3 is 9.15 Å². The SMILES string of the molecule is C[C@H](c1ccccc1)N1C(=O)O[C@](Cc2ccccc2)(c2nnc(C3(C(F)(F)F)CC3)o2)C1=O. The molecule has 0 bridgehead atoms. The van der Waals surface area contributed by atoms with E-state index in [-0.39, 0.29) is 19.3 Å². The zero-order valence-electron chi connectivity index (χ0n) is 18.1. The second-order valence-corrected chi connectivity index (χ2v) is 8.61. The number of benzene rings is 2. The maximum atomic E-state index is 13.8. The van der Waals surface area contributed by atoms with Crippen molar-refractivity contribution in [2.75, 3.05) is 0 Å². The molecule has 5 rings (SSSR count). The predicted octanol–water partition coefficient (Wildman–Crippen LogP) is 4.84. The van der Waals surface area contributed by atoms with Crippen molar-refractivity contribution in [1.82, 2.24) is 15.1 Å². The monoisotopic (exact) mass is 471 g/mol. The Bertz CT molecular complexity index is 1230. The standard InChI is InChI=1S/C24H20F3N3O4/c1-15(17-10-6-3-7-11-17)30-20(31)23(34-21(30)32,14-16-8-4-2-5-9-16)19-29-28-18(33-19)22(12-13-22)24(25,26)27/h2-11,15H,12-14H2,1H3/t15-,23-/m1/s1. The number of carbonyl (C=O) groups excluding carboxylic acids is 2. The quantitative estimate of drug-likeness (QED) is 0.511. The first kappa shape index (κ1) is 22.1. The topological polar surface area (TPSA) is 85.5 Å². The van der Waals surface area contributed by atoms with E-state index in [1.54, 1.807) is 67.6 Å². The van der Waals surface area contributed by atoms with Crippen LogP contribution in [0.25, 0.3) is 0 Å². The Kier molecular flexibility index (Phi) is 5.00. The molecule has 1 aliphatic carbocycles. The lowest BCUT2D eigenvalue weighted by Crippen LogP contribution is -2.42. The molecule has 1 saturated carbocycles. The summed E-state index contributed by atoms with van der Waals surface area (Å²) < 4.78 is 51.9. The third-order valence-corrected chi connectivity index (χ3v) is 6.46. The van der Waals surface area contributed by atoms with Crippen molar-refractivity contribution in [3.63, 3.8) is 0 Å². The predicted molar refractivity (Wildman–Crippen MR) is 111 cm³/mol. The molecule has 0 N–H and O–H groups in total. The van der Waals surface area contributed by atoms with E-state index < -0.39 is 47.0 Å². The van der Waals surface area contributed by atoms with Crippen LogP contribution in [0.1, 0.15) is 48.7 Å². The lowest BCUT2D eigenvalue weighted by molar-refractivity contribution is -0.166. The van der Waals surface area contributed by atoms with Crippen LogP contribution < -0.4 is 0 Å². The highest BCUT2D eigenvalue weighted by molar-refractivity contribution is 6.03. The number of ether oxygens (including phenoxy) is 1. The van der Waals surface area contributed by atoms with E-state index in [4.69, 9.17) is 9.15 Å². The van der Waals surface area contributed by atoms with Gasteiger partial charge in [-0.05, 0) is 30.9 Å². The van der Waals surface area contributed by atoms with Gasteiger partial charge in [-0.2, -0.15) is 13.2 Å². The first-order valence-corrected chi connectivity index (χ1v) is 10.7. The van der Waals surface area contributed by atoms with Crippen molar-refractivity contribution < 1.29 is 31.9 Å². The molecule has 3 aromatic rings. The molecule has 7 nitrogen and oxygen atoms in total. The van der Waals surface area contributed by atoms with Crippen LogP contribution in [0.5, 0.6) is 0 Å². The van der Waals surface area contributed by atoms with Crippen molar-refractivity contribution in [3.8, 4) is 0 Å². The summed E-state index contributed by atoms with van der Waals surface area (Å²) in [5.74, 6) is -1.87. The number of carbonyl (C=O) groups is 2. The molecule has 2 fully saturated rings. The Labute approximate surface area is 192 Å². The third-order valence-electron chi connectivity index (χ3n) is 6.46. The maximum Gasteiger partial charge on any atom is 0.418 e. The number of cyclic esters (lactones) is 1. The molecule has 34 heavy (non-hydrogen) atoms. The largest absolute Gasteiger partial charge is 0.422 e. The van der Waals surface area contributed by atoms with Crippen LogP contribution in [-0.4, -0.2) is 33.3 Å². The Balaban J connectivity index is 1.57. The summed E-state index contributed by atoms with van der Waals surface area (Å²) in [5, 5.41) is 7.43. The van der Waals surface area contributed by atoms with Crippen LogP contribution in [0.3, 0.4) is 0 Å². The van der Waals surface area contributed by atoms with Gasteiger partial charge in [-0.25, -0.2) is 9.69 Å². The number of halogens is 3. The zero-order valence-corrected chi connectivity index (χ0v) is 18.1. The molecule has 2 aliphatic rings. The summed E-state index contributed by atoms with van der Waals surface area (Å²) in [7, 11) is 0. The summed E-state index contributed by atoms with van der Waals surface area (Å²) in [6, 6.07) is 16.8. The van der Waals surface area contributed by atoms with E-state index >= 15 is 0 Å². The minimum absolute atomic E-state index is 0.170. The molecule has 0 spiro atoms. The van der Waals surface area contributed by atoms with E-state index in [1.165, 1.54) is 0 Å². The second-order valence-electron chi connectivity index (χ2n) is 8.61. The minimum Gasteiger partial charge on any atom is -0.422 e.